The molecule has 1 saturated heterocycles. The number of benzene rings is 1. The first kappa shape index (κ1) is 16.8. The van der Waals surface area contributed by atoms with Crippen molar-refractivity contribution in [3.8, 4) is 0 Å². The molecule has 7 heteroatoms. The fourth-order valence-electron chi connectivity index (χ4n) is 3.29. The molecule has 2 aromatic rings. The van der Waals surface area contributed by atoms with Crippen LogP contribution in [0.3, 0.4) is 0 Å². The highest BCUT2D eigenvalue weighted by Gasteiger charge is 2.41. The van der Waals surface area contributed by atoms with E-state index in [4.69, 9.17) is 0 Å². The number of sulfonamides is 1. The molecule has 2 heterocycles. The Hall–Kier alpha value is -1.70. The molecule has 1 aromatic carbocycles. The summed E-state index contributed by atoms with van der Waals surface area (Å²) in [5.74, 6) is 0.329. The van der Waals surface area contributed by atoms with Crippen LogP contribution in [0.4, 0.5) is 5.00 Å². The van der Waals surface area contributed by atoms with Gasteiger partial charge in [-0.1, -0.05) is 30.3 Å². The number of hydrogen-bond donors (Lipinski definition) is 1. The summed E-state index contributed by atoms with van der Waals surface area (Å²) in [6, 6.07) is 13.3. The first-order valence-corrected chi connectivity index (χ1v) is 10.8. The molecule has 1 aliphatic carbocycles. The lowest BCUT2D eigenvalue weighted by Crippen LogP contribution is -2.34. The second kappa shape index (κ2) is 6.55. The molecule has 2 aliphatic rings. The van der Waals surface area contributed by atoms with Crippen LogP contribution in [0, 0.1) is 0 Å². The molecular weight excluding hydrogens is 356 g/mol. The molecule has 2 fully saturated rings. The SMILES string of the molecule is O=C1CCCCN1c1ccc(S(=O)(=O)N[C@H]2C[C@@H]2c2ccccc2)s1. The van der Waals surface area contributed by atoms with Gasteiger partial charge in [0, 0.05) is 24.9 Å². The highest BCUT2D eigenvalue weighted by atomic mass is 32.2. The topological polar surface area (TPSA) is 66.5 Å². The number of nitrogens with one attached hydrogen (secondary N) is 1. The Kier molecular flexibility index (Phi) is 4.39. The molecule has 5 nitrogen and oxygen atoms in total. The third-order valence-corrected chi connectivity index (χ3v) is 7.84. The highest BCUT2D eigenvalue weighted by molar-refractivity contribution is 7.91. The van der Waals surface area contributed by atoms with Crippen LogP contribution in [0.1, 0.15) is 37.2 Å². The fourth-order valence-corrected chi connectivity index (χ4v) is 5.93. The van der Waals surface area contributed by atoms with Crippen LogP contribution in [0.2, 0.25) is 0 Å². The zero-order valence-electron chi connectivity index (χ0n) is 13.7. The molecule has 1 saturated carbocycles. The lowest BCUT2D eigenvalue weighted by molar-refractivity contribution is -0.119. The predicted octanol–water partition coefficient (Wildman–Crippen LogP) is 3.10. The Morgan fingerprint density at radius 2 is 1.88 bits per heavy atom. The third kappa shape index (κ3) is 3.49. The number of carbonyl (C=O) groups is 1. The molecule has 0 spiro atoms. The van der Waals surface area contributed by atoms with Crippen LogP contribution in [-0.4, -0.2) is 26.9 Å². The van der Waals surface area contributed by atoms with Crippen LogP contribution < -0.4 is 9.62 Å². The summed E-state index contributed by atoms with van der Waals surface area (Å²) in [6.07, 6.45) is 3.24. The van der Waals surface area contributed by atoms with E-state index in [0.29, 0.717) is 13.0 Å². The molecule has 2 atom stereocenters. The summed E-state index contributed by atoms with van der Waals surface area (Å²) < 4.78 is 28.3. The van der Waals surface area contributed by atoms with Crippen LogP contribution >= 0.6 is 11.3 Å². The van der Waals surface area contributed by atoms with Crippen molar-refractivity contribution in [2.75, 3.05) is 11.4 Å². The summed E-state index contributed by atoms with van der Waals surface area (Å²) in [7, 11) is -3.54. The maximum absolute atomic E-state index is 12.6. The van der Waals surface area contributed by atoms with Crippen LogP contribution in [0.5, 0.6) is 0 Å². The summed E-state index contributed by atoms with van der Waals surface area (Å²) in [4.78, 5) is 13.7. The van der Waals surface area contributed by atoms with Gasteiger partial charge in [0.15, 0.2) is 0 Å². The van der Waals surface area contributed by atoms with Gasteiger partial charge in [-0.15, -0.1) is 11.3 Å². The van der Waals surface area contributed by atoms with Crippen molar-refractivity contribution in [2.24, 2.45) is 0 Å². The second-order valence-electron chi connectivity index (χ2n) is 6.58. The maximum Gasteiger partial charge on any atom is 0.250 e. The second-order valence-corrected chi connectivity index (χ2v) is 9.58. The third-order valence-electron chi connectivity index (χ3n) is 4.75. The van der Waals surface area contributed by atoms with Gasteiger partial charge in [0.25, 0.3) is 0 Å². The minimum absolute atomic E-state index is 0.0467. The minimum Gasteiger partial charge on any atom is -0.304 e. The van der Waals surface area contributed by atoms with E-state index in [0.717, 1.165) is 24.3 Å². The van der Waals surface area contributed by atoms with E-state index in [1.54, 1.807) is 17.0 Å². The monoisotopic (exact) mass is 376 g/mol. The molecule has 0 unspecified atom stereocenters. The minimum atomic E-state index is -3.54. The average Bonchev–Trinajstić information content (AvgIpc) is 3.17. The van der Waals surface area contributed by atoms with E-state index in [-0.39, 0.29) is 22.1 Å². The Labute approximate surface area is 151 Å². The van der Waals surface area contributed by atoms with Crippen molar-refractivity contribution in [1.82, 2.24) is 4.72 Å². The molecular formula is C18H20N2O3S2. The van der Waals surface area contributed by atoms with Crippen molar-refractivity contribution in [3.63, 3.8) is 0 Å². The van der Waals surface area contributed by atoms with E-state index in [9.17, 15) is 13.2 Å². The molecule has 1 aliphatic heterocycles. The van der Waals surface area contributed by atoms with E-state index >= 15 is 0 Å². The first-order valence-electron chi connectivity index (χ1n) is 8.52. The predicted molar refractivity (Wildman–Crippen MR) is 98.4 cm³/mol. The van der Waals surface area contributed by atoms with Crippen molar-refractivity contribution in [2.45, 2.75) is 41.9 Å². The Bertz CT molecular complexity index is 877. The number of thiophene rings is 1. The Morgan fingerprint density at radius 1 is 1.08 bits per heavy atom. The zero-order valence-corrected chi connectivity index (χ0v) is 15.4. The number of amides is 1. The van der Waals surface area contributed by atoms with Gasteiger partial charge in [0.2, 0.25) is 15.9 Å². The van der Waals surface area contributed by atoms with Crippen LogP contribution in [0.15, 0.2) is 46.7 Å². The molecule has 4 rings (SSSR count). The van der Waals surface area contributed by atoms with E-state index in [1.807, 2.05) is 30.3 Å². The van der Waals surface area contributed by atoms with E-state index in [1.165, 1.54) is 16.9 Å². The van der Waals surface area contributed by atoms with Crippen molar-refractivity contribution in [3.05, 3.63) is 48.0 Å². The van der Waals surface area contributed by atoms with Crippen LogP contribution in [0.25, 0.3) is 0 Å². The quantitative estimate of drug-likeness (QED) is 0.872. The van der Waals surface area contributed by atoms with Crippen molar-refractivity contribution >= 4 is 32.3 Å². The maximum atomic E-state index is 12.6. The number of piperidine rings is 1. The fraction of sp³-hybridized carbons (Fsp3) is 0.389. The molecule has 1 amide bonds. The molecule has 0 radical (unpaired) electrons. The highest BCUT2D eigenvalue weighted by Crippen LogP contribution is 2.42. The Morgan fingerprint density at radius 3 is 2.64 bits per heavy atom. The molecule has 1 N–H and O–H groups in total. The molecule has 132 valence electrons. The zero-order chi connectivity index (χ0) is 17.4. The number of rotatable bonds is 5. The van der Waals surface area contributed by atoms with Gasteiger partial charge < -0.3 is 4.90 Å². The van der Waals surface area contributed by atoms with Gasteiger partial charge in [0.05, 0.1) is 5.00 Å². The van der Waals surface area contributed by atoms with Gasteiger partial charge in [-0.25, -0.2) is 13.1 Å². The molecule has 1 aromatic heterocycles. The Balaban J connectivity index is 1.46. The smallest absolute Gasteiger partial charge is 0.250 e. The number of carbonyl (C=O) groups excluding carboxylic acids is 1. The van der Waals surface area contributed by atoms with Gasteiger partial charge in [0.1, 0.15) is 4.21 Å². The van der Waals surface area contributed by atoms with Crippen molar-refractivity contribution in [1.29, 1.82) is 0 Å². The van der Waals surface area contributed by atoms with E-state index in [2.05, 4.69) is 4.72 Å². The molecule has 0 bridgehead atoms. The summed E-state index contributed by atoms with van der Waals surface area (Å²) >= 11 is 1.17. The lowest BCUT2D eigenvalue weighted by Gasteiger charge is -2.24. The average molecular weight is 377 g/mol. The number of nitrogens with zero attached hydrogens (tertiary/aromatic N) is 1. The number of anilines is 1. The first-order chi connectivity index (χ1) is 12.0. The summed E-state index contributed by atoms with van der Waals surface area (Å²) in [6.45, 7) is 0.672. The number of hydrogen-bond acceptors (Lipinski definition) is 4. The van der Waals surface area contributed by atoms with Gasteiger partial charge in [-0.05, 0) is 37.0 Å². The van der Waals surface area contributed by atoms with Crippen molar-refractivity contribution < 1.29 is 13.2 Å². The molecule has 25 heavy (non-hydrogen) atoms. The van der Waals surface area contributed by atoms with Gasteiger partial charge in [-0.2, -0.15) is 0 Å². The summed E-state index contributed by atoms with van der Waals surface area (Å²) in [5, 5.41) is 0.723. The largest absolute Gasteiger partial charge is 0.304 e. The van der Waals surface area contributed by atoms with E-state index < -0.39 is 10.0 Å². The van der Waals surface area contributed by atoms with Crippen LogP contribution in [-0.2, 0) is 14.8 Å². The standard InChI is InChI=1S/C18H20N2O3S2/c21-16-8-4-5-11-20(16)17-9-10-18(24-17)25(22,23)19-15-12-14(15)13-6-2-1-3-7-13/h1-3,6-7,9-10,14-15,19H,4-5,8,11-12H2/t14-,15+/m1/s1. The van der Waals surface area contributed by atoms with Gasteiger partial charge in [-0.3, -0.25) is 4.79 Å². The summed E-state index contributed by atoms with van der Waals surface area (Å²) in [5.41, 5.74) is 1.17. The van der Waals surface area contributed by atoms with Gasteiger partial charge >= 0.3 is 0 Å². The lowest BCUT2D eigenvalue weighted by atomic mass is 10.1. The normalized spacial score (nSPS) is 23.7.